The Hall–Kier alpha value is -3.14. The zero-order valence-corrected chi connectivity index (χ0v) is 21.0. The van der Waals surface area contributed by atoms with Crippen LogP contribution in [0, 0.1) is 0 Å². The number of rotatable bonds is 6. The Kier molecular flexibility index (Phi) is 11.3. The minimum absolute atomic E-state index is 0.331. The fraction of sp³-hybridized carbons (Fsp3) is 0.652. The number of amides is 1. The van der Waals surface area contributed by atoms with Crippen LogP contribution in [0.15, 0.2) is 18.3 Å². The highest BCUT2D eigenvalue weighted by atomic mass is 19.4. The van der Waals surface area contributed by atoms with Crippen LogP contribution < -0.4 is 4.74 Å². The fourth-order valence-corrected chi connectivity index (χ4v) is 4.70. The first-order valence-corrected chi connectivity index (χ1v) is 12.0. The molecule has 0 saturated carbocycles. The highest BCUT2D eigenvalue weighted by molar-refractivity contribution is 5.80. The zero-order valence-electron chi connectivity index (χ0n) is 21.0. The van der Waals surface area contributed by atoms with Gasteiger partial charge in [-0.05, 0) is 38.4 Å². The lowest BCUT2D eigenvalue weighted by atomic mass is 10.1. The molecule has 0 aliphatic carbocycles. The van der Waals surface area contributed by atoms with Crippen LogP contribution in [0.25, 0.3) is 0 Å². The monoisotopic (exact) mass is 572 g/mol. The molecule has 1 aromatic rings. The number of aromatic nitrogens is 1. The van der Waals surface area contributed by atoms with Crippen LogP contribution >= 0.6 is 0 Å². The summed E-state index contributed by atoms with van der Waals surface area (Å²) in [5.41, 5.74) is 1.11. The van der Waals surface area contributed by atoms with Gasteiger partial charge in [0.15, 0.2) is 0 Å². The summed E-state index contributed by atoms with van der Waals surface area (Å²) in [6.45, 7) is 6.17. The van der Waals surface area contributed by atoms with Crippen molar-refractivity contribution in [1.29, 1.82) is 0 Å². The molecule has 0 radical (unpaired) electrons. The van der Waals surface area contributed by atoms with Gasteiger partial charge in [0.05, 0.1) is 7.11 Å². The molecular weight excluding hydrogens is 542 g/mol. The highest BCUT2D eigenvalue weighted by Gasteiger charge is 2.46. The normalized spacial score (nSPS) is 21.5. The van der Waals surface area contributed by atoms with E-state index < -0.39 is 24.3 Å². The van der Waals surface area contributed by atoms with Gasteiger partial charge >= 0.3 is 24.3 Å². The maximum absolute atomic E-state index is 12.6. The molecule has 4 rings (SSSR count). The average molecular weight is 573 g/mol. The minimum Gasteiger partial charge on any atom is -0.481 e. The van der Waals surface area contributed by atoms with E-state index in [1.165, 1.54) is 25.9 Å². The second-order valence-corrected chi connectivity index (χ2v) is 9.01. The molecule has 16 heteroatoms. The lowest BCUT2D eigenvalue weighted by Gasteiger charge is -2.27. The fourth-order valence-electron chi connectivity index (χ4n) is 4.70. The van der Waals surface area contributed by atoms with Crippen molar-refractivity contribution < 1.29 is 55.7 Å². The molecule has 3 aliphatic rings. The van der Waals surface area contributed by atoms with Crippen LogP contribution in [-0.4, -0.2) is 112 Å². The molecule has 1 aromatic heterocycles. The van der Waals surface area contributed by atoms with Gasteiger partial charge in [0, 0.05) is 56.4 Å². The maximum atomic E-state index is 12.6. The molecule has 0 spiro atoms. The number of halogens is 6. The lowest BCUT2D eigenvalue weighted by molar-refractivity contribution is -0.193. The smallest absolute Gasteiger partial charge is 0.481 e. The molecule has 0 aromatic carbocycles. The summed E-state index contributed by atoms with van der Waals surface area (Å²) in [5.74, 6) is -4.49. The summed E-state index contributed by atoms with van der Waals surface area (Å²) in [4.78, 5) is 41.7. The predicted octanol–water partition coefficient (Wildman–Crippen LogP) is 2.63. The first-order chi connectivity index (χ1) is 18.1. The molecule has 0 unspecified atom stereocenters. The second-order valence-electron chi connectivity index (χ2n) is 9.01. The molecule has 220 valence electrons. The van der Waals surface area contributed by atoms with Crippen molar-refractivity contribution in [2.45, 2.75) is 56.7 Å². The van der Waals surface area contributed by atoms with Crippen LogP contribution in [0.5, 0.6) is 5.88 Å². The van der Waals surface area contributed by atoms with E-state index in [9.17, 15) is 31.1 Å². The molecule has 2 N–H and O–H groups in total. The number of ether oxygens (including phenoxy) is 1. The first kappa shape index (κ1) is 32.1. The molecule has 39 heavy (non-hydrogen) atoms. The lowest BCUT2D eigenvalue weighted by Crippen LogP contribution is -2.41. The number of hydrogen-bond donors (Lipinski definition) is 2. The van der Waals surface area contributed by atoms with Crippen LogP contribution in [-0.2, 0) is 20.9 Å². The summed E-state index contributed by atoms with van der Waals surface area (Å²) >= 11 is 0. The highest BCUT2D eigenvalue weighted by Crippen LogP contribution is 2.34. The predicted molar refractivity (Wildman–Crippen MR) is 123 cm³/mol. The topological polar surface area (TPSA) is 124 Å². The number of pyridine rings is 1. The Bertz CT molecular complexity index is 963. The van der Waals surface area contributed by atoms with Crippen molar-refractivity contribution in [3.8, 4) is 5.88 Å². The van der Waals surface area contributed by atoms with Gasteiger partial charge < -0.3 is 24.7 Å². The Morgan fingerprint density at radius 3 is 2.08 bits per heavy atom. The quantitative estimate of drug-likeness (QED) is 0.496. The summed E-state index contributed by atoms with van der Waals surface area (Å²) in [5, 5.41) is 14.2. The molecular formula is C23H30F6N4O6. The van der Waals surface area contributed by atoms with Gasteiger partial charge in [-0.1, -0.05) is 6.07 Å². The second kappa shape index (κ2) is 13.8. The Labute approximate surface area is 220 Å². The number of carboxylic acid groups (broad SMARTS) is 2. The van der Waals surface area contributed by atoms with Crippen LogP contribution in [0.2, 0.25) is 0 Å². The van der Waals surface area contributed by atoms with Gasteiger partial charge in [-0.25, -0.2) is 14.6 Å². The van der Waals surface area contributed by atoms with E-state index in [2.05, 4.69) is 25.8 Å². The summed E-state index contributed by atoms with van der Waals surface area (Å²) < 4.78 is 68.9. The Morgan fingerprint density at radius 1 is 1.00 bits per heavy atom. The number of carbonyl (C=O) groups excluding carboxylic acids is 1. The van der Waals surface area contributed by atoms with E-state index in [-0.39, 0.29) is 0 Å². The van der Waals surface area contributed by atoms with Gasteiger partial charge in [-0.3, -0.25) is 9.69 Å². The van der Waals surface area contributed by atoms with Gasteiger partial charge in [0.25, 0.3) is 0 Å². The number of methoxy groups -OCH3 is 1. The number of alkyl halides is 6. The van der Waals surface area contributed by atoms with Crippen molar-refractivity contribution in [3.63, 3.8) is 0 Å². The number of likely N-dealkylation sites (tertiary alicyclic amines) is 3. The van der Waals surface area contributed by atoms with Crippen LogP contribution in [0.3, 0.4) is 0 Å². The molecule has 10 nitrogen and oxygen atoms in total. The van der Waals surface area contributed by atoms with E-state index in [1.54, 1.807) is 13.3 Å². The SMILES string of the molecule is COc1ncccc1CN1CC[C@@H]2[C@@H]1CC(=O)N2CCN1CCCC1.O=C(O)C(F)(F)F.O=C(O)C(F)(F)F. The van der Waals surface area contributed by atoms with Crippen molar-refractivity contribution >= 4 is 17.8 Å². The van der Waals surface area contributed by atoms with E-state index in [1.807, 2.05) is 6.07 Å². The number of fused-ring (bicyclic) bond motifs is 1. The summed E-state index contributed by atoms with van der Waals surface area (Å²) in [6, 6.07) is 4.75. The third-order valence-corrected chi connectivity index (χ3v) is 6.49. The van der Waals surface area contributed by atoms with Crippen molar-refractivity contribution in [3.05, 3.63) is 23.9 Å². The standard InChI is InChI=1S/C19H28N4O2.2C2HF3O2/c1-25-19-15(5-4-7-20-19)14-22-10-6-16-17(22)13-18(24)23(16)12-11-21-8-2-3-9-21;2*3-2(4,5)1(6)7/h4-5,7,16-17H,2-3,6,8-14H2,1H3;2*(H,6,7)/t16-,17+;;/m1../s1. The van der Waals surface area contributed by atoms with Crippen LogP contribution in [0.1, 0.15) is 31.2 Å². The minimum atomic E-state index is -5.08. The molecule has 3 saturated heterocycles. The third-order valence-electron chi connectivity index (χ3n) is 6.49. The molecule has 3 aliphatic heterocycles. The third kappa shape index (κ3) is 9.53. The number of nitrogens with zero attached hydrogens (tertiary/aromatic N) is 4. The molecule has 4 heterocycles. The number of carboxylic acids is 2. The van der Waals surface area contributed by atoms with E-state index in [4.69, 9.17) is 24.5 Å². The first-order valence-electron chi connectivity index (χ1n) is 12.0. The summed E-state index contributed by atoms with van der Waals surface area (Å²) in [7, 11) is 1.66. The van der Waals surface area contributed by atoms with Crippen molar-refractivity contribution in [1.82, 2.24) is 19.7 Å². The van der Waals surface area contributed by atoms with Crippen molar-refractivity contribution in [2.24, 2.45) is 0 Å². The van der Waals surface area contributed by atoms with Gasteiger partial charge in [0.1, 0.15) is 0 Å². The molecule has 2 atom stereocenters. The van der Waals surface area contributed by atoms with E-state index in [0.717, 1.165) is 38.2 Å². The molecule has 0 bridgehead atoms. The molecule has 3 fully saturated rings. The Balaban J connectivity index is 0.000000317. The number of hydrogen-bond acceptors (Lipinski definition) is 7. The van der Waals surface area contributed by atoms with Crippen LogP contribution in [0.4, 0.5) is 26.3 Å². The van der Waals surface area contributed by atoms with Gasteiger partial charge in [-0.2, -0.15) is 26.3 Å². The Morgan fingerprint density at radius 2 is 1.56 bits per heavy atom. The van der Waals surface area contributed by atoms with Gasteiger partial charge in [0.2, 0.25) is 11.8 Å². The maximum Gasteiger partial charge on any atom is 0.490 e. The number of aliphatic carboxylic acids is 2. The average Bonchev–Trinajstić information content (AvgIpc) is 3.56. The summed E-state index contributed by atoms with van der Waals surface area (Å²) in [6.07, 6.45) is -4.05. The largest absolute Gasteiger partial charge is 0.490 e. The van der Waals surface area contributed by atoms with Gasteiger partial charge in [-0.15, -0.1) is 0 Å². The van der Waals surface area contributed by atoms with E-state index >= 15 is 0 Å². The number of carbonyl (C=O) groups is 3. The van der Waals surface area contributed by atoms with E-state index in [0.29, 0.717) is 30.3 Å². The molecule has 1 amide bonds. The zero-order chi connectivity index (χ0) is 29.4. The van der Waals surface area contributed by atoms with Crippen molar-refractivity contribution in [2.75, 3.05) is 39.8 Å².